The Balaban J connectivity index is 2.01. The summed E-state index contributed by atoms with van der Waals surface area (Å²) < 4.78 is 41.0. The maximum Gasteiger partial charge on any atom is 0.395 e. The lowest BCUT2D eigenvalue weighted by atomic mass is 10.1. The van der Waals surface area contributed by atoms with Crippen LogP contribution in [0.2, 0.25) is 0 Å². The lowest BCUT2D eigenvalue weighted by Gasteiger charge is -2.06. The van der Waals surface area contributed by atoms with Gasteiger partial charge in [-0.3, -0.25) is 4.79 Å². The molecule has 0 saturated carbocycles. The van der Waals surface area contributed by atoms with Crippen molar-refractivity contribution < 1.29 is 22.7 Å². The van der Waals surface area contributed by atoms with Crippen LogP contribution in [0.5, 0.6) is 0 Å². The van der Waals surface area contributed by atoms with Gasteiger partial charge in [-0.25, -0.2) is 0 Å². The maximum atomic E-state index is 11.9. The summed E-state index contributed by atoms with van der Waals surface area (Å²) in [5.41, 5.74) is 1.05. The Kier molecular flexibility index (Phi) is 6.56. The summed E-state index contributed by atoms with van der Waals surface area (Å²) in [7, 11) is 0. The molecule has 0 spiro atoms. The number of carbonyl (C=O) groups excluding carboxylic acids is 1. The number of ketones is 1. The van der Waals surface area contributed by atoms with E-state index in [1.54, 1.807) is 0 Å². The number of unbranched alkanes of at least 4 members (excludes halogenated alkanes) is 1. The summed E-state index contributed by atoms with van der Waals surface area (Å²) in [6.45, 7) is 0.936. The normalized spacial score (nSPS) is 11.5. The fourth-order valence-corrected chi connectivity index (χ4v) is 1.60. The van der Waals surface area contributed by atoms with Crippen molar-refractivity contribution in [2.24, 2.45) is 0 Å². The Hall–Kier alpha value is -1.36. The number of benzene rings is 1. The topological polar surface area (TPSA) is 26.3 Å². The van der Waals surface area contributed by atoms with Crippen LogP contribution in [0.3, 0.4) is 0 Å². The smallest absolute Gasteiger partial charge is 0.377 e. The lowest BCUT2D eigenvalue weighted by molar-refractivity contribution is -0.152. The van der Waals surface area contributed by atoms with Gasteiger partial charge in [0.1, 0.15) is 12.2 Å². The fraction of sp³-hybridized carbons (Fsp3) is 0.500. The molecule has 106 valence electrons. The van der Waals surface area contributed by atoms with Crippen LogP contribution in [-0.2, 0) is 16.1 Å². The molecule has 2 nitrogen and oxygen atoms in total. The summed E-state index contributed by atoms with van der Waals surface area (Å²) >= 11 is 0. The zero-order chi connectivity index (χ0) is 14.1. The highest BCUT2D eigenvalue weighted by Gasteiger charge is 2.30. The van der Waals surface area contributed by atoms with Crippen LogP contribution in [0, 0.1) is 0 Å². The van der Waals surface area contributed by atoms with Crippen molar-refractivity contribution in [2.45, 2.75) is 38.5 Å². The van der Waals surface area contributed by atoms with Gasteiger partial charge in [0.25, 0.3) is 0 Å². The van der Waals surface area contributed by atoms with E-state index < -0.39 is 18.4 Å². The van der Waals surface area contributed by atoms with E-state index in [2.05, 4.69) is 0 Å². The highest BCUT2D eigenvalue weighted by molar-refractivity contribution is 5.78. The lowest BCUT2D eigenvalue weighted by Crippen LogP contribution is -2.14. The third-order valence-electron chi connectivity index (χ3n) is 2.50. The van der Waals surface area contributed by atoms with E-state index in [4.69, 9.17) is 4.74 Å². The fourth-order valence-electron chi connectivity index (χ4n) is 1.60. The number of carbonyl (C=O) groups is 1. The van der Waals surface area contributed by atoms with Crippen LogP contribution in [0.4, 0.5) is 13.2 Å². The summed E-state index contributed by atoms with van der Waals surface area (Å²) in [6, 6.07) is 9.61. The zero-order valence-electron chi connectivity index (χ0n) is 10.6. The Morgan fingerprint density at radius 2 is 1.79 bits per heavy atom. The van der Waals surface area contributed by atoms with Gasteiger partial charge in [-0.2, -0.15) is 13.2 Å². The average Bonchev–Trinajstić information content (AvgIpc) is 2.32. The van der Waals surface area contributed by atoms with E-state index >= 15 is 0 Å². The Labute approximate surface area is 110 Å². The molecule has 0 unspecified atom stereocenters. The molecular formula is C14H17F3O2. The second-order valence-corrected chi connectivity index (χ2v) is 4.33. The molecule has 0 radical (unpaired) electrons. The number of alkyl halides is 3. The first-order chi connectivity index (χ1) is 8.97. The van der Waals surface area contributed by atoms with Crippen molar-refractivity contribution in [3.05, 3.63) is 35.9 Å². The number of rotatable bonds is 8. The molecule has 1 aromatic carbocycles. The standard InChI is InChI=1S/C14H17F3O2/c15-14(16,17)10-13(18)8-4-5-9-19-11-12-6-2-1-3-7-12/h1-3,6-7H,4-5,8-11H2. The summed E-state index contributed by atoms with van der Waals surface area (Å²) in [4.78, 5) is 11.0. The number of halogens is 3. The first kappa shape index (κ1) is 15.7. The molecule has 0 aliphatic heterocycles. The first-order valence-corrected chi connectivity index (χ1v) is 6.17. The molecule has 0 atom stereocenters. The van der Waals surface area contributed by atoms with E-state index in [0.717, 1.165) is 5.56 Å². The molecule has 0 heterocycles. The van der Waals surface area contributed by atoms with Crippen molar-refractivity contribution in [1.82, 2.24) is 0 Å². The molecule has 1 aromatic rings. The van der Waals surface area contributed by atoms with Crippen molar-refractivity contribution in [3.8, 4) is 0 Å². The van der Waals surface area contributed by atoms with Gasteiger partial charge < -0.3 is 4.74 Å². The second kappa shape index (κ2) is 7.94. The van der Waals surface area contributed by atoms with Crippen LogP contribution in [0.1, 0.15) is 31.2 Å². The van der Waals surface area contributed by atoms with Crippen molar-refractivity contribution in [1.29, 1.82) is 0 Å². The van der Waals surface area contributed by atoms with Gasteiger partial charge in [-0.1, -0.05) is 30.3 Å². The van der Waals surface area contributed by atoms with E-state index in [1.165, 1.54) is 0 Å². The molecule has 0 aromatic heterocycles. The minimum absolute atomic E-state index is 0.0335. The molecule has 5 heteroatoms. The SMILES string of the molecule is O=C(CCCCOCc1ccccc1)CC(F)(F)F. The van der Waals surface area contributed by atoms with Gasteiger partial charge in [-0.05, 0) is 18.4 Å². The molecule has 0 saturated heterocycles. The summed E-state index contributed by atoms with van der Waals surface area (Å²) in [5, 5.41) is 0. The first-order valence-electron chi connectivity index (χ1n) is 6.17. The van der Waals surface area contributed by atoms with E-state index in [1.807, 2.05) is 30.3 Å². The zero-order valence-corrected chi connectivity index (χ0v) is 10.6. The van der Waals surface area contributed by atoms with Gasteiger partial charge >= 0.3 is 6.18 Å². The molecule has 0 fully saturated rings. The molecule has 1 rings (SSSR count). The average molecular weight is 274 g/mol. The van der Waals surface area contributed by atoms with Crippen LogP contribution in [-0.4, -0.2) is 18.6 Å². The Morgan fingerprint density at radius 3 is 2.42 bits per heavy atom. The second-order valence-electron chi connectivity index (χ2n) is 4.33. The van der Waals surface area contributed by atoms with E-state index in [-0.39, 0.29) is 6.42 Å². The number of Topliss-reactive ketones (excluding diaryl/α,β-unsaturated/α-hetero) is 1. The van der Waals surface area contributed by atoms with Gasteiger partial charge in [0.05, 0.1) is 6.61 Å². The van der Waals surface area contributed by atoms with Gasteiger partial charge in [0.2, 0.25) is 0 Å². The Morgan fingerprint density at radius 1 is 1.11 bits per heavy atom. The Bertz CT molecular complexity index is 374. The molecule has 0 aliphatic carbocycles. The minimum Gasteiger partial charge on any atom is -0.377 e. The highest BCUT2D eigenvalue weighted by Crippen LogP contribution is 2.21. The predicted molar refractivity (Wildman–Crippen MR) is 65.6 cm³/mol. The molecule has 0 bridgehead atoms. The third-order valence-corrected chi connectivity index (χ3v) is 2.50. The van der Waals surface area contributed by atoms with Crippen molar-refractivity contribution >= 4 is 5.78 Å². The van der Waals surface area contributed by atoms with Gasteiger partial charge in [-0.15, -0.1) is 0 Å². The quantitative estimate of drug-likeness (QED) is 0.672. The van der Waals surface area contributed by atoms with Crippen LogP contribution in [0.15, 0.2) is 30.3 Å². The predicted octanol–water partition coefficient (Wildman–Crippen LogP) is 3.90. The molecule has 0 N–H and O–H groups in total. The maximum absolute atomic E-state index is 11.9. The largest absolute Gasteiger partial charge is 0.395 e. The van der Waals surface area contributed by atoms with E-state index in [0.29, 0.717) is 26.1 Å². The third kappa shape index (κ3) is 8.37. The molecular weight excluding hydrogens is 257 g/mol. The highest BCUT2D eigenvalue weighted by atomic mass is 19.4. The van der Waals surface area contributed by atoms with Gasteiger partial charge in [0, 0.05) is 13.0 Å². The van der Waals surface area contributed by atoms with Crippen LogP contribution in [0.25, 0.3) is 0 Å². The monoisotopic (exact) mass is 274 g/mol. The molecule has 0 amide bonds. The summed E-state index contributed by atoms with van der Waals surface area (Å²) in [6.07, 6.45) is -4.72. The van der Waals surface area contributed by atoms with Crippen LogP contribution >= 0.6 is 0 Å². The minimum atomic E-state index is -4.39. The molecule has 19 heavy (non-hydrogen) atoms. The summed E-state index contributed by atoms with van der Waals surface area (Å²) in [5.74, 6) is -0.754. The number of hydrogen-bond donors (Lipinski definition) is 0. The number of ether oxygens (including phenoxy) is 1. The van der Waals surface area contributed by atoms with Crippen molar-refractivity contribution in [2.75, 3.05) is 6.61 Å². The van der Waals surface area contributed by atoms with Gasteiger partial charge in [0.15, 0.2) is 0 Å². The number of hydrogen-bond acceptors (Lipinski definition) is 2. The van der Waals surface area contributed by atoms with Crippen molar-refractivity contribution in [3.63, 3.8) is 0 Å². The molecule has 0 aliphatic rings. The van der Waals surface area contributed by atoms with E-state index in [9.17, 15) is 18.0 Å². The van der Waals surface area contributed by atoms with Crippen LogP contribution < -0.4 is 0 Å².